The third-order valence-corrected chi connectivity index (χ3v) is 4.65. The van der Waals surface area contributed by atoms with Gasteiger partial charge in [0.2, 0.25) is 0 Å². The molecule has 0 bridgehead atoms. The molecular weight excluding hydrogens is 292 g/mol. The Balaban J connectivity index is 1.86. The maximum Gasteiger partial charge on any atom is 0.327 e. The molecule has 1 saturated heterocycles. The van der Waals surface area contributed by atoms with Crippen LogP contribution in [-0.4, -0.2) is 45.6 Å². The maximum absolute atomic E-state index is 12.4. The topological polar surface area (TPSA) is 60.2 Å². The Bertz CT molecular complexity index is 629. The van der Waals surface area contributed by atoms with Gasteiger partial charge in [0.1, 0.15) is 6.04 Å². The number of esters is 1. The first kappa shape index (κ1) is 15.7. The molecule has 0 amide bonds. The van der Waals surface area contributed by atoms with Crippen LogP contribution in [0.2, 0.25) is 0 Å². The third kappa shape index (κ3) is 3.27. The summed E-state index contributed by atoms with van der Waals surface area (Å²) in [6.45, 7) is 3.90. The van der Waals surface area contributed by atoms with Crippen LogP contribution in [0.25, 0.3) is 0 Å². The van der Waals surface area contributed by atoms with E-state index in [1.807, 2.05) is 24.7 Å². The van der Waals surface area contributed by atoms with E-state index in [9.17, 15) is 4.79 Å². The number of hydrogen-bond donors (Lipinski definition) is 0. The number of pyridine rings is 1. The molecule has 23 heavy (non-hydrogen) atoms. The van der Waals surface area contributed by atoms with Gasteiger partial charge in [0.25, 0.3) is 0 Å². The lowest BCUT2D eigenvalue weighted by Gasteiger charge is -2.40. The summed E-state index contributed by atoms with van der Waals surface area (Å²) in [5.41, 5.74) is 0.873. The van der Waals surface area contributed by atoms with Gasteiger partial charge < -0.3 is 9.30 Å². The van der Waals surface area contributed by atoms with E-state index in [-0.39, 0.29) is 5.97 Å². The zero-order valence-electron chi connectivity index (χ0n) is 13.5. The summed E-state index contributed by atoms with van der Waals surface area (Å²) >= 11 is 0. The molecule has 0 spiro atoms. The number of likely N-dealkylation sites (tertiary alicyclic amines) is 1. The molecular formula is C17H22N4O2. The summed E-state index contributed by atoms with van der Waals surface area (Å²) in [7, 11) is 1.44. The lowest BCUT2D eigenvalue weighted by Crippen LogP contribution is -2.45. The van der Waals surface area contributed by atoms with Gasteiger partial charge in [-0.15, -0.1) is 0 Å². The zero-order valence-corrected chi connectivity index (χ0v) is 13.5. The van der Waals surface area contributed by atoms with Crippen molar-refractivity contribution in [3.63, 3.8) is 0 Å². The van der Waals surface area contributed by atoms with E-state index >= 15 is 0 Å². The predicted molar refractivity (Wildman–Crippen MR) is 85.6 cm³/mol. The van der Waals surface area contributed by atoms with Crippen molar-refractivity contribution in [1.29, 1.82) is 0 Å². The van der Waals surface area contributed by atoms with Gasteiger partial charge in [0, 0.05) is 37.4 Å². The molecule has 6 nitrogen and oxygen atoms in total. The van der Waals surface area contributed by atoms with E-state index in [4.69, 9.17) is 4.74 Å². The molecule has 0 aromatic carbocycles. The van der Waals surface area contributed by atoms with Crippen LogP contribution in [0.3, 0.4) is 0 Å². The van der Waals surface area contributed by atoms with E-state index in [1.54, 1.807) is 18.6 Å². The number of rotatable bonds is 4. The predicted octanol–water partition coefficient (Wildman–Crippen LogP) is 2.08. The van der Waals surface area contributed by atoms with E-state index in [0.29, 0.717) is 12.0 Å². The Hall–Kier alpha value is -2.21. The van der Waals surface area contributed by atoms with Crippen LogP contribution < -0.4 is 0 Å². The molecule has 1 aliphatic heterocycles. The monoisotopic (exact) mass is 314 g/mol. The van der Waals surface area contributed by atoms with E-state index in [0.717, 1.165) is 25.1 Å². The minimum Gasteiger partial charge on any atom is -0.468 e. The fourth-order valence-electron chi connectivity index (χ4n) is 3.31. The van der Waals surface area contributed by atoms with Crippen LogP contribution in [0, 0.1) is 5.92 Å². The lowest BCUT2D eigenvalue weighted by molar-refractivity contribution is -0.148. The normalized spacial score (nSPS) is 23.4. The van der Waals surface area contributed by atoms with Gasteiger partial charge >= 0.3 is 5.97 Å². The third-order valence-electron chi connectivity index (χ3n) is 4.65. The summed E-state index contributed by atoms with van der Waals surface area (Å²) in [4.78, 5) is 22.9. The van der Waals surface area contributed by atoms with Crippen molar-refractivity contribution in [2.24, 2.45) is 5.92 Å². The summed E-state index contributed by atoms with van der Waals surface area (Å²) in [6, 6.07) is 3.67. The van der Waals surface area contributed by atoms with Crippen LogP contribution in [-0.2, 0) is 9.53 Å². The first-order chi connectivity index (χ1) is 11.2. The van der Waals surface area contributed by atoms with Crippen LogP contribution >= 0.6 is 0 Å². The quantitative estimate of drug-likeness (QED) is 0.809. The van der Waals surface area contributed by atoms with E-state index in [1.165, 1.54) is 7.11 Å². The Morgan fingerprint density at radius 3 is 2.91 bits per heavy atom. The van der Waals surface area contributed by atoms with E-state index < -0.39 is 6.04 Å². The summed E-state index contributed by atoms with van der Waals surface area (Å²) in [6.07, 6.45) is 10.1. The first-order valence-electron chi connectivity index (χ1n) is 7.90. The first-order valence-corrected chi connectivity index (χ1v) is 7.90. The van der Waals surface area contributed by atoms with Crippen molar-refractivity contribution in [3.8, 4) is 0 Å². The molecule has 2 aromatic rings. The second-order valence-corrected chi connectivity index (χ2v) is 6.05. The minimum absolute atomic E-state index is 0.239. The van der Waals surface area contributed by atoms with E-state index in [2.05, 4.69) is 26.4 Å². The highest BCUT2D eigenvalue weighted by molar-refractivity contribution is 5.77. The molecule has 0 unspecified atom stereocenters. The maximum atomic E-state index is 12.4. The second-order valence-electron chi connectivity index (χ2n) is 6.05. The Kier molecular flexibility index (Phi) is 4.71. The average Bonchev–Trinajstić information content (AvgIpc) is 3.11. The van der Waals surface area contributed by atoms with Gasteiger partial charge in [-0.2, -0.15) is 0 Å². The molecule has 0 N–H and O–H groups in total. The number of piperidine rings is 1. The number of methoxy groups -OCH3 is 1. The van der Waals surface area contributed by atoms with Gasteiger partial charge in [-0.05, 0) is 30.5 Å². The van der Waals surface area contributed by atoms with Crippen molar-refractivity contribution in [2.75, 3.05) is 20.2 Å². The molecule has 1 aliphatic rings. The van der Waals surface area contributed by atoms with Crippen LogP contribution in [0.1, 0.15) is 31.0 Å². The highest BCUT2D eigenvalue weighted by Gasteiger charge is 2.35. The number of nitrogens with zero attached hydrogens (tertiary/aromatic N) is 4. The van der Waals surface area contributed by atoms with Gasteiger partial charge in [0.15, 0.2) is 0 Å². The largest absolute Gasteiger partial charge is 0.468 e. The highest BCUT2D eigenvalue weighted by Crippen LogP contribution is 2.33. The fourth-order valence-corrected chi connectivity index (χ4v) is 3.31. The molecule has 0 radical (unpaired) electrons. The van der Waals surface area contributed by atoms with Gasteiger partial charge in [-0.3, -0.25) is 9.88 Å². The number of carbonyl (C=O) groups is 1. The van der Waals surface area contributed by atoms with Crippen LogP contribution in [0.5, 0.6) is 0 Å². The summed E-state index contributed by atoms with van der Waals surface area (Å²) in [5, 5.41) is 0. The fraction of sp³-hybridized carbons (Fsp3) is 0.471. The number of carbonyl (C=O) groups excluding carboxylic acids is 1. The summed E-state index contributed by atoms with van der Waals surface area (Å²) in [5.74, 6) is 0.296. The summed E-state index contributed by atoms with van der Waals surface area (Å²) < 4.78 is 7.18. The Morgan fingerprint density at radius 2 is 2.26 bits per heavy atom. The smallest absolute Gasteiger partial charge is 0.327 e. The average molecular weight is 314 g/mol. The number of hydrogen-bond acceptors (Lipinski definition) is 5. The molecule has 0 saturated carbocycles. The molecule has 3 heterocycles. The second kappa shape index (κ2) is 6.91. The van der Waals surface area contributed by atoms with Crippen molar-refractivity contribution in [1.82, 2.24) is 19.4 Å². The molecule has 6 heteroatoms. The lowest BCUT2D eigenvalue weighted by atomic mass is 9.91. The number of ether oxygens (including phenoxy) is 1. The van der Waals surface area contributed by atoms with Crippen molar-refractivity contribution in [3.05, 3.63) is 48.8 Å². The molecule has 3 rings (SSSR count). The van der Waals surface area contributed by atoms with Gasteiger partial charge in [-0.1, -0.05) is 13.0 Å². The molecule has 1 fully saturated rings. The zero-order chi connectivity index (χ0) is 16.2. The molecule has 3 atom stereocenters. The Morgan fingerprint density at radius 1 is 1.39 bits per heavy atom. The standard InChI is InChI=1S/C17H22N4O2/c1-13-5-8-20(11-15(13)21-9-7-19-12-21)16(17(22)23-2)14-4-3-6-18-10-14/h3-4,6-7,9-10,12-13,15-16H,5,8,11H2,1-2H3/t13-,15+,16+/m1/s1. The van der Waals surface area contributed by atoms with Crippen molar-refractivity contribution < 1.29 is 9.53 Å². The van der Waals surface area contributed by atoms with Crippen molar-refractivity contribution >= 4 is 5.97 Å². The number of imidazole rings is 1. The van der Waals surface area contributed by atoms with Gasteiger partial charge in [-0.25, -0.2) is 9.78 Å². The highest BCUT2D eigenvalue weighted by atomic mass is 16.5. The van der Waals surface area contributed by atoms with Gasteiger partial charge in [0.05, 0.1) is 13.4 Å². The Labute approximate surface area is 136 Å². The van der Waals surface area contributed by atoms with Crippen LogP contribution in [0.4, 0.5) is 0 Å². The SMILES string of the molecule is COC(=O)[C@H](c1cccnc1)N1CC[C@@H](C)[C@@H](n2ccnc2)C1. The minimum atomic E-state index is -0.410. The molecule has 122 valence electrons. The van der Waals surface area contributed by atoms with Crippen molar-refractivity contribution in [2.45, 2.75) is 25.4 Å². The molecule has 2 aromatic heterocycles. The van der Waals surface area contributed by atoms with Crippen LogP contribution in [0.15, 0.2) is 43.2 Å². The molecule has 0 aliphatic carbocycles. The number of aromatic nitrogens is 3.